The summed E-state index contributed by atoms with van der Waals surface area (Å²) in [5, 5.41) is 29.0. The van der Waals surface area contributed by atoms with Crippen LogP contribution >= 0.6 is 0 Å². The maximum Gasteiger partial charge on any atom is 0.261 e. The number of aliphatic hydroxyl groups is 2. The highest BCUT2D eigenvalue weighted by Gasteiger charge is 2.53. The smallest absolute Gasteiger partial charge is 0.261 e. The van der Waals surface area contributed by atoms with Gasteiger partial charge in [-0.15, -0.1) is 0 Å². The zero-order valence-corrected chi connectivity index (χ0v) is 46.0. The van der Waals surface area contributed by atoms with Gasteiger partial charge in [0.05, 0.1) is 43.7 Å². The van der Waals surface area contributed by atoms with Gasteiger partial charge in [0, 0.05) is 18.9 Å². The van der Waals surface area contributed by atoms with Crippen LogP contribution in [0.2, 0.25) is 10.1 Å². The molecule has 6 aromatic carbocycles. The highest BCUT2D eigenvalue weighted by Crippen LogP contribution is 2.41. The number of rotatable bonds is 26. The molecule has 0 amide bonds. The predicted molar refractivity (Wildman–Crippen MR) is 300 cm³/mol. The maximum absolute atomic E-state index is 12.7. The van der Waals surface area contributed by atoms with Gasteiger partial charge in [-0.2, -0.15) is 0 Å². The minimum atomic E-state index is -3.13. The van der Waals surface area contributed by atoms with Crippen LogP contribution in [-0.4, -0.2) is 64.0 Å². The van der Waals surface area contributed by atoms with Crippen molar-refractivity contribution in [1.82, 2.24) is 0 Å². The van der Waals surface area contributed by atoms with Crippen LogP contribution in [0.4, 0.5) is 0 Å². The molecule has 0 aromatic heterocycles. The minimum Gasteiger partial charge on any atom is -0.404 e. The Labute approximate surface area is 429 Å². The van der Waals surface area contributed by atoms with Crippen molar-refractivity contribution in [3.05, 3.63) is 205 Å². The lowest BCUT2D eigenvalue weighted by atomic mass is 9.93. The summed E-state index contributed by atoms with van der Waals surface area (Å²) in [5.74, 6) is 0.304. The first-order valence-corrected chi connectivity index (χ1v) is 29.7. The lowest BCUT2D eigenvalue weighted by Gasteiger charge is -2.46. The van der Waals surface area contributed by atoms with Crippen molar-refractivity contribution in [1.29, 1.82) is 0 Å². The summed E-state index contributed by atoms with van der Waals surface area (Å²) < 4.78 is 28.5. The van der Waals surface area contributed by atoms with Gasteiger partial charge in [-0.1, -0.05) is 256 Å². The fourth-order valence-electron chi connectivity index (χ4n) is 10.5. The second-order valence-electron chi connectivity index (χ2n) is 21.8. The summed E-state index contributed by atoms with van der Waals surface area (Å²) >= 11 is 0. The van der Waals surface area contributed by atoms with E-state index in [0.29, 0.717) is 45.5 Å². The first kappa shape index (κ1) is 55.6. The molecule has 0 aliphatic heterocycles. The van der Waals surface area contributed by atoms with E-state index in [1.54, 1.807) is 0 Å². The molecule has 0 aliphatic rings. The standard InChI is InChI=1S/C63H82O6Si2/c1-49(2)61(67-48-52-30-18-11-19-31-52)50(3)40-41-53(64)44-56(69-71(63(7,8)9,59-36-24-14-25-37-59)60-38-26-15-27-39-60)46-54(65)45-55(42-43-66-47-51-28-16-10-17-29-51)68-70(62(4,5)6,57-32-20-12-21-33-57)58-34-22-13-23-35-58/h10-41,49-50,53-56,61,64-65H,42-48H2,1-9H3/t50-,53-,54-,55-,56-,61-/m0/s1. The summed E-state index contributed by atoms with van der Waals surface area (Å²) in [6.45, 7) is 21.7. The zero-order valence-electron chi connectivity index (χ0n) is 44.0. The molecule has 6 aromatic rings. The molecule has 0 spiro atoms. The van der Waals surface area contributed by atoms with E-state index in [2.05, 4.69) is 214 Å². The van der Waals surface area contributed by atoms with E-state index in [1.807, 2.05) is 42.5 Å². The van der Waals surface area contributed by atoms with E-state index >= 15 is 0 Å². The summed E-state index contributed by atoms with van der Waals surface area (Å²) in [7, 11) is -6.16. The SMILES string of the molecule is CC(C)[C@H](OCc1ccccc1)[C@@H](C)C=C[C@H](O)C[C@@H](C[C@@H](O)C[C@H](CCOCc1ccccc1)O[Si](c1ccccc1)(c1ccccc1)C(C)(C)C)O[Si](c1ccccc1)(c1ccccc1)C(C)(C)C. The molecule has 6 rings (SSSR count). The predicted octanol–water partition coefficient (Wildman–Crippen LogP) is 11.8. The third-order valence-electron chi connectivity index (χ3n) is 13.9. The lowest BCUT2D eigenvalue weighted by molar-refractivity contribution is -0.0120. The van der Waals surface area contributed by atoms with Gasteiger partial charge in [0.25, 0.3) is 16.6 Å². The Morgan fingerprint density at radius 1 is 0.465 bits per heavy atom. The van der Waals surface area contributed by atoms with Crippen LogP contribution in [0, 0.1) is 11.8 Å². The molecule has 378 valence electrons. The van der Waals surface area contributed by atoms with Gasteiger partial charge in [0.1, 0.15) is 0 Å². The van der Waals surface area contributed by atoms with E-state index in [1.165, 1.54) is 10.4 Å². The average molecular weight is 992 g/mol. The van der Waals surface area contributed by atoms with Crippen molar-refractivity contribution >= 4 is 37.4 Å². The van der Waals surface area contributed by atoms with Crippen LogP contribution in [0.15, 0.2) is 194 Å². The van der Waals surface area contributed by atoms with Crippen molar-refractivity contribution in [3.8, 4) is 0 Å². The molecule has 0 fully saturated rings. The molecular formula is C63H82O6Si2. The fourth-order valence-corrected chi connectivity index (χ4v) is 19.9. The topological polar surface area (TPSA) is 77.4 Å². The van der Waals surface area contributed by atoms with Crippen molar-refractivity contribution in [2.75, 3.05) is 6.61 Å². The Morgan fingerprint density at radius 3 is 1.23 bits per heavy atom. The van der Waals surface area contributed by atoms with Gasteiger partial charge >= 0.3 is 0 Å². The quantitative estimate of drug-likeness (QED) is 0.0320. The van der Waals surface area contributed by atoms with E-state index in [-0.39, 0.29) is 34.1 Å². The van der Waals surface area contributed by atoms with E-state index in [0.717, 1.165) is 21.5 Å². The van der Waals surface area contributed by atoms with Gasteiger partial charge in [-0.25, -0.2) is 0 Å². The Kier molecular flexibility index (Phi) is 20.6. The van der Waals surface area contributed by atoms with E-state index < -0.39 is 34.9 Å². The van der Waals surface area contributed by atoms with Crippen LogP contribution in [0.1, 0.15) is 99.1 Å². The van der Waals surface area contributed by atoms with Gasteiger partial charge < -0.3 is 28.5 Å². The summed E-state index contributed by atoms with van der Waals surface area (Å²) in [6.07, 6.45) is 2.94. The molecule has 71 heavy (non-hydrogen) atoms. The number of ether oxygens (including phenoxy) is 2. The van der Waals surface area contributed by atoms with Crippen molar-refractivity contribution < 1.29 is 28.5 Å². The van der Waals surface area contributed by atoms with Gasteiger partial charge in [-0.3, -0.25) is 0 Å². The molecule has 6 atom stereocenters. The fraction of sp³-hybridized carbons (Fsp3) is 0.397. The normalized spacial score (nSPS) is 15.3. The average Bonchev–Trinajstić information content (AvgIpc) is 3.36. The van der Waals surface area contributed by atoms with E-state index in [4.69, 9.17) is 18.3 Å². The number of aliphatic hydroxyl groups excluding tert-OH is 2. The van der Waals surface area contributed by atoms with Crippen molar-refractivity contribution in [2.45, 2.75) is 142 Å². The molecule has 0 bridgehead atoms. The molecule has 0 saturated heterocycles. The Bertz CT molecular complexity index is 2340. The van der Waals surface area contributed by atoms with Crippen LogP contribution in [0.5, 0.6) is 0 Å². The van der Waals surface area contributed by atoms with Crippen molar-refractivity contribution in [2.24, 2.45) is 11.8 Å². The second kappa shape index (κ2) is 26.3. The van der Waals surface area contributed by atoms with E-state index in [9.17, 15) is 10.2 Å². The summed E-state index contributed by atoms with van der Waals surface area (Å²) in [5.41, 5.74) is 2.25. The molecule has 0 aliphatic carbocycles. The molecule has 0 saturated carbocycles. The van der Waals surface area contributed by atoms with Gasteiger partial charge in [0.2, 0.25) is 0 Å². The van der Waals surface area contributed by atoms with Crippen LogP contribution < -0.4 is 20.7 Å². The second-order valence-corrected chi connectivity index (χ2v) is 30.3. The molecule has 8 heteroatoms. The lowest BCUT2D eigenvalue weighted by Crippen LogP contribution is -2.68. The maximum atomic E-state index is 12.7. The highest BCUT2D eigenvalue weighted by atomic mass is 28.4. The van der Waals surface area contributed by atoms with Crippen LogP contribution in [-0.2, 0) is 31.5 Å². The highest BCUT2D eigenvalue weighted by molar-refractivity contribution is 7.00. The Hall–Kier alpha value is -4.75. The molecular weight excluding hydrogens is 909 g/mol. The third-order valence-corrected chi connectivity index (χ3v) is 24.1. The first-order chi connectivity index (χ1) is 34.0. The zero-order chi connectivity index (χ0) is 50.9. The van der Waals surface area contributed by atoms with Crippen molar-refractivity contribution in [3.63, 3.8) is 0 Å². The van der Waals surface area contributed by atoms with Crippen LogP contribution in [0.3, 0.4) is 0 Å². The number of hydrogen-bond acceptors (Lipinski definition) is 6. The number of benzene rings is 6. The van der Waals surface area contributed by atoms with Crippen LogP contribution in [0.25, 0.3) is 0 Å². The minimum absolute atomic E-state index is 0.0403. The molecule has 6 nitrogen and oxygen atoms in total. The number of hydrogen-bond donors (Lipinski definition) is 2. The molecule has 2 N–H and O–H groups in total. The molecule has 0 heterocycles. The third kappa shape index (κ3) is 14.9. The summed E-state index contributed by atoms with van der Waals surface area (Å²) in [6, 6.07) is 63.2. The molecule has 0 radical (unpaired) electrons. The van der Waals surface area contributed by atoms with Gasteiger partial charge in [-0.05, 0) is 67.1 Å². The monoisotopic (exact) mass is 991 g/mol. The largest absolute Gasteiger partial charge is 0.404 e. The Balaban J connectivity index is 1.35. The summed E-state index contributed by atoms with van der Waals surface area (Å²) in [4.78, 5) is 0. The van der Waals surface area contributed by atoms with Gasteiger partial charge in [0.15, 0.2) is 0 Å². The Morgan fingerprint density at radius 2 is 0.831 bits per heavy atom. The first-order valence-electron chi connectivity index (χ1n) is 25.9. The molecule has 0 unspecified atom stereocenters.